The summed E-state index contributed by atoms with van der Waals surface area (Å²) < 4.78 is 5.90. The number of aliphatic hydroxyl groups excluding tert-OH is 1. The van der Waals surface area contributed by atoms with E-state index in [0.717, 1.165) is 25.7 Å². The number of carbonyl (C=O) groups excluding carboxylic acids is 1. The van der Waals surface area contributed by atoms with Gasteiger partial charge in [-0.15, -0.1) is 0 Å². The topological polar surface area (TPSA) is 49.8 Å². The van der Waals surface area contributed by atoms with Gasteiger partial charge in [0.05, 0.1) is 12.2 Å². The summed E-state index contributed by atoms with van der Waals surface area (Å²) >= 11 is 0. The summed E-state index contributed by atoms with van der Waals surface area (Å²) in [4.78, 5) is 12.8. The summed E-state index contributed by atoms with van der Waals surface area (Å²) in [7, 11) is 0. The quantitative estimate of drug-likeness (QED) is 0.753. The van der Waals surface area contributed by atoms with Crippen LogP contribution >= 0.6 is 0 Å². The summed E-state index contributed by atoms with van der Waals surface area (Å²) in [6, 6.07) is 0. The Morgan fingerprint density at radius 2 is 1.96 bits per heavy atom. The lowest BCUT2D eigenvalue weighted by Gasteiger charge is -2.53. The summed E-state index contributed by atoms with van der Waals surface area (Å²) in [6.45, 7) is 11.0. The molecule has 128 valence electrons. The molecule has 3 aliphatic carbocycles. The first-order valence-electron chi connectivity index (χ1n) is 9.23. The third kappa shape index (κ3) is 1.93. The van der Waals surface area contributed by atoms with E-state index >= 15 is 0 Å². The molecule has 0 radical (unpaired) electrons. The molecular weight excluding hydrogens is 288 g/mol. The first-order chi connectivity index (χ1) is 10.6. The molecule has 0 spiro atoms. The van der Waals surface area contributed by atoms with Crippen LogP contribution < -0.4 is 0 Å². The Hall–Kier alpha value is -0.670. The summed E-state index contributed by atoms with van der Waals surface area (Å²) in [6.07, 6.45) is 5.51. The van der Waals surface area contributed by atoms with Gasteiger partial charge in [-0.3, -0.25) is 4.79 Å². The lowest BCUT2D eigenvalue weighted by atomic mass is 9.51. The van der Waals surface area contributed by atoms with Crippen molar-refractivity contribution < 1.29 is 14.6 Å². The lowest BCUT2D eigenvalue weighted by Crippen LogP contribution is -2.49. The fraction of sp³-hybridized carbons (Fsp3) is 0.850. The molecule has 1 saturated heterocycles. The maximum atomic E-state index is 12.8. The number of ketones is 1. The molecule has 2 saturated carbocycles. The fourth-order valence-electron chi connectivity index (χ4n) is 5.94. The van der Waals surface area contributed by atoms with Crippen LogP contribution in [0.2, 0.25) is 0 Å². The van der Waals surface area contributed by atoms with Crippen LogP contribution in [0.1, 0.15) is 60.3 Å². The molecule has 7 unspecified atom stereocenters. The molecule has 1 heterocycles. The molecule has 3 heteroatoms. The second kappa shape index (κ2) is 4.49. The van der Waals surface area contributed by atoms with Crippen molar-refractivity contribution in [1.82, 2.24) is 0 Å². The summed E-state index contributed by atoms with van der Waals surface area (Å²) in [5.41, 5.74) is 0.875. The number of carbonyl (C=O) groups is 1. The van der Waals surface area contributed by atoms with Gasteiger partial charge >= 0.3 is 0 Å². The zero-order valence-corrected chi connectivity index (χ0v) is 15.1. The van der Waals surface area contributed by atoms with Gasteiger partial charge in [-0.2, -0.15) is 0 Å². The van der Waals surface area contributed by atoms with Crippen molar-refractivity contribution in [2.24, 2.45) is 28.6 Å². The monoisotopic (exact) mass is 318 g/mol. The van der Waals surface area contributed by atoms with Crippen molar-refractivity contribution in [3.8, 4) is 0 Å². The number of ether oxygens (including phenoxy) is 1. The molecule has 0 aromatic carbocycles. The molecule has 0 bridgehead atoms. The first-order valence-corrected chi connectivity index (χ1v) is 9.23. The highest BCUT2D eigenvalue weighted by Gasteiger charge is 2.67. The number of hydrogen-bond donors (Lipinski definition) is 1. The Labute approximate surface area is 139 Å². The molecule has 7 atom stereocenters. The molecule has 0 aromatic rings. The van der Waals surface area contributed by atoms with Crippen molar-refractivity contribution in [2.75, 3.05) is 0 Å². The maximum Gasteiger partial charge on any atom is 0.162 e. The molecule has 4 aliphatic rings. The highest BCUT2D eigenvalue weighted by molar-refractivity contribution is 5.99. The third-order valence-corrected chi connectivity index (χ3v) is 7.85. The van der Waals surface area contributed by atoms with Gasteiger partial charge < -0.3 is 9.84 Å². The van der Waals surface area contributed by atoms with Gasteiger partial charge in [0, 0.05) is 5.41 Å². The van der Waals surface area contributed by atoms with Crippen LogP contribution in [-0.4, -0.2) is 28.7 Å². The van der Waals surface area contributed by atoms with Crippen LogP contribution in [0.25, 0.3) is 0 Å². The lowest BCUT2D eigenvalue weighted by molar-refractivity contribution is -0.132. The fourth-order valence-corrected chi connectivity index (χ4v) is 5.94. The minimum atomic E-state index is -0.379. The van der Waals surface area contributed by atoms with Crippen LogP contribution in [0.4, 0.5) is 0 Å². The molecule has 1 aliphatic heterocycles. The number of hydrogen-bond acceptors (Lipinski definition) is 3. The Morgan fingerprint density at radius 3 is 2.61 bits per heavy atom. The van der Waals surface area contributed by atoms with E-state index < -0.39 is 0 Å². The van der Waals surface area contributed by atoms with Gasteiger partial charge in [0.2, 0.25) is 0 Å². The maximum absolute atomic E-state index is 12.8. The Kier molecular flexibility index (Phi) is 3.09. The number of aliphatic hydroxyl groups is 1. The van der Waals surface area contributed by atoms with Gasteiger partial charge in [0.15, 0.2) is 5.78 Å². The SMILES string of the molecule is CC(C)C1=CC(=O)C2(C)CCC3(C)CC(O)C4(C)OC4CC3C12. The van der Waals surface area contributed by atoms with Crippen LogP contribution in [0, 0.1) is 28.6 Å². The second-order valence-electron chi connectivity index (χ2n) is 9.56. The van der Waals surface area contributed by atoms with Crippen molar-refractivity contribution in [3.63, 3.8) is 0 Å². The summed E-state index contributed by atoms with van der Waals surface area (Å²) in [5.74, 6) is 1.50. The first kappa shape index (κ1) is 15.8. The van der Waals surface area contributed by atoms with Crippen LogP contribution in [0.15, 0.2) is 11.6 Å². The predicted octanol–water partition coefficient (Wildman–Crippen LogP) is 3.50. The van der Waals surface area contributed by atoms with Gasteiger partial charge in [-0.1, -0.05) is 33.3 Å². The molecule has 3 fully saturated rings. The van der Waals surface area contributed by atoms with Crippen molar-refractivity contribution in [3.05, 3.63) is 11.6 Å². The number of epoxide rings is 1. The van der Waals surface area contributed by atoms with E-state index in [4.69, 9.17) is 4.74 Å². The average molecular weight is 318 g/mol. The number of rotatable bonds is 1. The highest BCUT2D eigenvalue weighted by Crippen LogP contribution is 2.65. The smallest absolute Gasteiger partial charge is 0.162 e. The van der Waals surface area contributed by atoms with Crippen LogP contribution in [0.3, 0.4) is 0 Å². The minimum absolute atomic E-state index is 0.113. The van der Waals surface area contributed by atoms with Gasteiger partial charge in [-0.05, 0) is 61.9 Å². The Bertz CT molecular complexity index is 594. The largest absolute Gasteiger partial charge is 0.390 e. The Morgan fingerprint density at radius 1 is 1.26 bits per heavy atom. The summed E-state index contributed by atoms with van der Waals surface area (Å²) in [5, 5.41) is 10.7. The van der Waals surface area contributed by atoms with E-state index in [0.29, 0.717) is 23.5 Å². The van der Waals surface area contributed by atoms with E-state index in [2.05, 4.69) is 34.6 Å². The predicted molar refractivity (Wildman–Crippen MR) is 88.9 cm³/mol. The van der Waals surface area contributed by atoms with Gasteiger partial charge in [-0.25, -0.2) is 0 Å². The standard InChI is InChI=1S/C20H30O3/c1-11(2)12-8-14(21)19(4)7-6-18(3)10-15(22)20(5)16(23-20)9-13(18)17(12)19/h8,11,13,15-17,22H,6-7,9-10H2,1-5H3. The normalized spacial score (nSPS) is 54.9. The molecule has 23 heavy (non-hydrogen) atoms. The van der Waals surface area contributed by atoms with Gasteiger partial charge in [0.25, 0.3) is 0 Å². The number of allylic oxidation sites excluding steroid dienone is 2. The molecule has 3 nitrogen and oxygen atoms in total. The molecule has 1 N–H and O–H groups in total. The zero-order chi connectivity index (χ0) is 16.8. The van der Waals surface area contributed by atoms with E-state index in [1.165, 1.54) is 5.57 Å². The van der Waals surface area contributed by atoms with E-state index in [1.807, 2.05) is 6.08 Å². The average Bonchev–Trinajstić information content (AvgIpc) is 3.05. The van der Waals surface area contributed by atoms with Crippen molar-refractivity contribution in [2.45, 2.75) is 78.1 Å². The van der Waals surface area contributed by atoms with E-state index in [9.17, 15) is 9.90 Å². The van der Waals surface area contributed by atoms with Gasteiger partial charge in [0.1, 0.15) is 5.60 Å². The zero-order valence-electron chi connectivity index (χ0n) is 15.1. The third-order valence-electron chi connectivity index (χ3n) is 7.85. The minimum Gasteiger partial charge on any atom is -0.390 e. The Balaban J connectivity index is 1.77. The highest BCUT2D eigenvalue weighted by atomic mass is 16.6. The van der Waals surface area contributed by atoms with E-state index in [1.54, 1.807) is 0 Å². The van der Waals surface area contributed by atoms with E-state index in [-0.39, 0.29) is 28.6 Å². The van der Waals surface area contributed by atoms with Crippen LogP contribution in [0.5, 0.6) is 0 Å². The number of fused-ring (bicyclic) bond motifs is 4. The molecular formula is C20H30O3. The van der Waals surface area contributed by atoms with Crippen molar-refractivity contribution in [1.29, 1.82) is 0 Å². The second-order valence-corrected chi connectivity index (χ2v) is 9.56. The molecule has 4 rings (SSSR count). The van der Waals surface area contributed by atoms with Crippen LogP contribution in [-0.2, 0) is 9.53 Å². The molecule has 0 amide bonds. The molecule has 0 aromatic heterocycles. The van der Waals surface area contributed by atoms with Crippen molar-refractivity contribution >= 4 is 5.78 Å².